The molecule has 0 aliphatic heterocycles. The molecule has 0 aromatic heterocycles. The fourth-order valence-electron chi connectivity index (χ4n) is 4.01. The Kier molecular flexibility index (Phi) is 12.2. The first kappa shape index (κ1) is 36.0. The number of esters is 5. The Morgan fingerprint density at radius 1 is 0.625 bits per heavy atom. The van der Waals surface area contributed by atoms with E-state index < -0.39 is 53.9 Å². The van der Waals surface area contributed by atoms with Gasteiger partial charge >= 0.3 is 35.8 Å². The summed E-state index contributed by atoms with van der Waals surface area (Å²) in [6.45, 7) is 2.28. The molecular formula is C32H29NO15. The summed E-state index contributed by atoms with van der Waals surface area (Å²) in [6, 6.07) is 12.4. The smallest absolute Gasteiger partial charge is 0.349 e. The first-order chi connectivity index (χ1) is 22.8. The summed E-state index contributed by atoms with van der Waals surface area (Å²) in [7, 11) is 3.54. The Hall–Kier alpha value is -6.45. The van der Waals surface area contributed by atoms with Crippen LogP contribution in [0.25, 0.3) is 0 Å². The molecule has 48 heavy (non-hydrogen) atoms. The molecule has 0 bridgehead atoms. The van der Waals surface area contributed by atoms with Crippen molar-refractivity contribution in [3.8, 4) is 23.0 Å². The molecule has 0 saturated heterocycles. The van der Waals surface area contributed by atoms with Crippen LogP contribution in [0.3, 0.4) is 0 Å². The Bertz CT molecular complexity index is 1750. The highest BCUT2D eigenvalue weighted by molar-refractivity contribution is 6.05. The quantitative estimate of drug-likeness (QED) is 0.152. The number of aliphatic carboxylic acids is 1. The molecule has 0 aliphatic rings. The summed E-state index contributed by atoms with van der Waals surface area (Å²) >= 11 is 0. The van der Waals surface area contributed by atoms with Gasteiger partial charge in [-0.1, -0.05) is 12.1 Å². The number of nitrogens with one attached hydrogen (secondary N) is 1. The highest BCUT2D eigenvalue weighted by Gasteiger charge is 2.41. The molecule has 0 spiro atoms. The predicted octanol–water partition coefficient (Wildman–Crippen LogP) is 2.82. The molecule has 3 aromatic rings. The van der Waals surface area contributed by atoms with Gasteiger partial charge in [0.15, 0.2) is 23.0 Å². The van der Waals surface area contributed by atoms with Gasteiger partial charge in [-0.15, -0.1) is 0 Å². The number of ether oxygens (including phenoxy) is 7. The zero-order valence-corrected chi connectivity index (χ0v) is 26.1. The van der Waals surface area contributed by atoms with Gasteiger partial charge in [0.25, 0.3) is 5.91 Å². The third-order valence-electron chi connectivity index (χ3n) is 6.14. The minimum atomic E-state index is -2.46. The van der Waals surface area contributed by atoms with Crippen LogP contribution in [-0.2, 0) is 33.4 Å². The van der Waals surface area contributed by atoms with Crippen molar-refractivity contribution in [1.82, 2.24) is 0 Å². The maximum atomic E-state index is 13.6. The Morgan fingerprint density at radius 3 is 1.54 bits per heavy atom. The zero-order valence-electron chi connectivity index (χ0n) is 26.1. The van der Waals surface area contributed by atoms with Gasteiger partial charge in [0.1, 0.15) is 0 Å². The molecule has 0 saturated carbocycles. The van der Waals surface area contributed by atoms with Crippen molar-refractivity contribution in [3.63, 3.8) is 0 Å². The van der Waals surface area contributed by atoms with E-state index in [1.54, 1.807) is 0 Å². The Labute approximate surface area is 272 Å². The first-order valence-electron chi connectivity index (χ1n) is 13.6. The van der Waals surface area contributed by atoms with Gasteiger partial charge < -0.3 is 43.6 Å². The fraction of sp³-hybridized carbons (Fsp3) is 0.219. The standard InChI is InChI=1S/C32H29NO15/c1-16(34)45-22-12-10-18(14-24(22)42-3)30(39)47-26(28(36)33-21-9-7-6-8-20(21)32(41)44-5)27(29(37)38)48-31(40)19-11-13-23(46-17(2)35)25(15-19)43-4/h6-15,26-27H,1-5H3,(H,33,36)(H,37,38)/t26-,27-/m1/s1. The first-order valence-corrected chi connectivity index (χ1v) is 13.6. The highest BCUT2D eigenvalue weighted by Crippen LogP contribution is 2.30. The van der Waals surface area contributed by atoms with Crippen LogP contribution < -0.4 is 24.3 Å². The number of rotatable bonds is 13. The molecule has 2 atom stereocenters. The number of amides is 1. The minimum Gasteiger partial charge on any atom is -0.493 e. The van der Waals surface area contributed by atoms with Crippen LogP contribution in [0.5, 0.6) is 23.0 Å². The average molecular weight is 668 g/mol. The molecule has 0 aliphatic carbocycles. The number of carbonyl (C=O) groups is 7. The van der Waals surface area contributed by atoms with Crippen LogP contribution in [0.2, 0.25) is 0 Å². The highest BCUT2D eigenvalue weighted by atomic mass is 16.6. The summed E-state index contributed by atoms with van der Waals surface area (Å²) in [4.78, 5) is 87.6. The SMILES string of the molecule is COC(=O)c1ccccc1NC(=O)[C@H](OC(=O)c1ccc(OC(C)=O)c(OC)c1)[C@@H](OC(=O)c1ccc(OC(C)=O)c(OC)c1)C(=O)O. The van der Waals surface area contributed by atoms with Crippen LogP contribution >= 0.6 is 0 Å². The van der Waals surface area contributed by atoms with Crippen molar-refractivity contribution in [2.24, 2.45) is 0 Å². The maximum Gasteiger partial charge on any atom is 0.349 e. The lowest BCUT2D eigenvalue weighted by Gasteiger charge is -2.24. The van der Waals surface area contributed by atoms with E-state index in [9.17, 15) is 38.7 Å². The Morgan fingerprint density at radius 2 is 1.10 bits per heavy atom. The molecule has 0 heterocycles. The number of hydrogen-bond donors (Lipinski definition) is 2. The van der Waals surface area contributed by atoms with Crippen LogP contribution in [-0.4, -0.2) is 80.4 Å². The van der Waals surface area contributed by atoms with Gasteiger partial charge in [-0.2, -0.15) is 0 Å². The number of carboxylic acids is 1. The van der Waals surface area contributed by atoms with Crippen LogP contribution in [0, 0.1) is 0 Å². The number of hydrogen-bond acceptors (Lipinski definition) is 14. The van der Waals surface area contributed by atoms with E-state index in [0.29, 0.717) is 0 Å². The molecule has 3 rings (SSSR count). The number of anilines is 1. The number of benzene rings is 3. The largest absolute Gasteiger partial charge is 0.493 e. The normalized spacial score (nSPS) is 11.5. The molecule has 16 heteroatoms. The van der Waals surface area contributed by atoms with E-state index >= 15 is 0 Å². The molecular weight excluding hydrogens is 638 g/mol. The Balaban J connectivity index is 2.03. The van der Waals surface area contributed by atoms with Gasteiger partial charge in [0, 0.05) is 13.8 Å². The van der Waals surface area contributed by atoms with E-state index in [0.717, 1.165) is 45.2 Å². The van der Waals surface area contributed by atoms with Gasteiger partial charge in [-0.05, 0) is 48.5 Å². The van der Waals surface area contributed by atoms with E-state index in [1.165, 1.54) is 50.6 Å². The number of para-hydroxylation sites is 1. The van der Waals surface area contributed by atoms with Gasteiger partial charge in [-0.25, -0.2) is 19.2 Å². The molecule has 16 nitrogen and oxygen atoms in total. The fourth-order valence-corrected chi connectivity index (χ4v) is 4.01. The zero-order chi connectivity index (χ0) is 35.5. The number of carboxylic acid groups (broad SMARTS) is 1. The summed E-state index contributed by atoms with van der Waals surface area (Å²) in [6.07, 6.45) is -4.83. The van der Waals surface area contributed by atoms with Crippen molar-refractivity contribution >= 4 is 47.4 Å². The average Bonchev–Trinajstić information content (AvgIpc) is 3.05. The molecule has 1 amide bonds. The second kappa shape index (κ2) is 16.2. The van der Waals surface area contributed by atoms with Crippen molar-refractivity contribution in [2.45, 2.75) is 26.1 Å². The van der Waals surface area contributed by atoms with Crippen molar-refractivity contribution in [1.29, 1.82) is 0 Å². The van der Waals surface area contributed by atoms with Crippen molar-refractivity contribution in [2.75, 3.05) is 26.6 Å². The minimum absolute atomic E-state index is 0.0530. The van der Waals surface area contributed by atoms with Gasteiger partial charge in [-0.3, -0.25) is 14.4 Å². The van der Waals surface area contributed by atoms with E-state index in [1.807, 2.05) is 0 Å². The van der Waals surface area contributed by atoms with E-state index in [4.69, 9.17) is 33.2 Å². The lowest BCUT2D eigenvalue weighted by Crippen LogP contribution is -2.48. The van der Waals surface area contributed by atoms with Gasteiger partial charge in [0.05, 0.1) is 43.7 Å². The van der Waals surface area contributed by atoms with Crippen molar-refractivity contribution < 1.29 is 71.8 Å². The lowest BCUT2D eigenvalue weighted by atomic mass is 10.1. The van der Waals surface area contributed by atoms with E-state index in [-0.39, 0.29) is 45.4 Å². The summed E-state index contributed by atoms with van der Waals surface area (Å²) in [5.74, 6) is -8.29. The summed E-state index contributed by atoms with van der Waals surface area (Å²) in [5, 5.41) is 12.4. The summed E-state index contributed by atoms with van der Waals surface area (Å²) in [5.41, 5.74) is -0.852. The van der Waals surface area contributed by atoms with Crippen LogP contribution in [0.4, 0.5) is 5.69 Å². The molecule has 0 radical (unpaired) electrons. The second-order valence-corrected chi connectivity index (χ2v) is 9.44. The monoisotopic (exact) mass is 667 g/mol. The lowest BCUT2D eigenvalue weighted by molar-refractivity contribution is -0.157. The molecule has 3 aromatic carbocycles. The van der Waals surface area contributed by atoms with Crippen molar-refractivity contribution in [3.05, 3.63) is 77.4 Å². The van der Waals surface area contributed by atoms with Crippen LogP contribution in [0.1, 0.15) is 44.9 Å². The summed E-state index contributed by atoms with van der Waals surface area (Å²) < 4.78 is 35.5. The number of methoxy groups -OCH3 is 3. The topological polar surface area (TPSA) is 216 Å². The molecule has 252 valence electrons. The molecule has 0 unspecified atom stereocenters. The third-order valence-corrected chi connectivity index (χ3v) is 6.14. The number of carbonyl (C=O) groups excluding carboxylic acids is 6. The maximum absolute atomic E-state index is 13.6. The molecule has 2 N–H and O–H groups in total. The van der Waals surface area contributed by atoms with Crippen LogP contribution in [0.15, 0.2) is 60.7 Å². The molecule has 0 fully saturated rings. The second-order valence-electron chi connectivity index (χ2n) is 9.44. The van der Waals surface area contributed by atoms with Gasteiger partial charge in [0.2, 0.25) is 12.2 Å². The third kappa shape index (κ3) is 9.06. The predicted molar refractivity (Wildman–Crippen MR) is 161 cm³/mol. The van der Waals surface area contributed by atoms with E-state index in [2.05, 4.69) is 5.32 Å².